The van der Waals surface area contributed by atoms with E-state index in [1.165, 1.54) is 13.2 Å². The number of rotatable bonds is 9. The molecule has 2 aromatic rings. The molecule has 2 aromatic carbocycles. The van der Waals surface area contributed by atoms with Gasteiger partial charge in [0.2, 0.25) is 0 Å². The minimum absolute atomic E-state index is 0.0592. The summed E-state index contributed by atoms with van der Waals surface area (Å²) in [6, 6.07) is 13.8. The van der Waals surface area contributed by atoms with Gasteiger partial charge in [0.1, 0.15) is 11.5 Å². The molecule has 1 atom stereocenters. The first-order chi connectivity index (χ1) is 13.5. The number of benzene rings is 2. The first kappa shape index (κ1) is 21.6. The predicted molar refractivity (Wildman–Crippen MR) is 106 cm³/mol. The fourth-order valence-electron chi connectivity index (χ4n) is 2.38. The molecule has 0 saturated heterocycles. The summed E-state index contributed by atoms with van der Waals surface area (Å²) in [7, 11) is 1.96. The van der Waals surface area contributed by atoms with Gasteiger partial charge in [-0.3, -0.25) is 9.20 Å². The molecule has 0 fully saturated rings. The Kier molecular flexibility index (Phi) is 8.67. The summed E-state index contributed by atoms with van der Waals surface area (Å²) < 4.78 is 47.1. The second-order valence-corrected chi connectivity index (χ2v) is 7.14. The van der Waals surface area contributed by atoms with Gasteiger partial charge >= 0.3 is 6.61 Å². The Morgan fingerprint density at radius 2 is 1.93 bits per heavy atom. The zero-order chi connectivity index (χ0) is 20.4. The number of methoxy groups -OCH3 is 1. The van der Waals surface area contributed by atoms with Crippen LogP contribution in [0, 0.1) is 0 Å². The summed E-state index contributed by atoms with van der Waals surface area (Å²) in [4.78, 5) is 4.84. The topological polar surface area (TPSA) is 72.0 Å². The van der Waals surface area contributed by atoms with Gasteiger partial charge in [0.05, 0.1) is 17.9 Å². The zero-order valence-electron chi connectivity index (χ0n) is 15.7. The standard InChI is InChI=1S/C19H23F2N3O3S/c1-22-19(23-10-11-28(25)16-6-4-3-5-7-16)24-13-14-12-15(26-2)8-9-17(14)27-18(20)21/h3-9,12,18H,10-11,13H2,1-2H3,(H2,22,23,24). The third kappa shape index (κ3) is 6.80. The van der Waals surface area contributed by atoms with Crippen molar-refractivity contribution in [2.24, 2.45) is 4.99 Å². The van der Waals surface area contributed by atoms with E-state index in [4.69, 9.17) is 4.74 Å². The molecule has 0 aromatic heterocycles. The fraction of sp³-hybridized carbons (Fsp3) is 0.316. The van der Waals surface area contributed by atoms with Crippen LogP contribution >= 0.6 is 0 Å². The van der Waals surface area contributed by atoms with Gasteiger partial charge in [-0.1, -0.05) is 18.2 Å². The first-order valence-electron chi connectivity index (χ1n) is 8.53. The molecule has 0 heterocycles. The molecule has 28 heavy (non-hydrogen) atoms. The number of guanidine groups is 1. The van der Waals surface area contributed by atoms with Crippen molar-refractivity contribution in [1.82, 2.24) is 10.6 Å². The third-order valence-corrected chi connectivity index (χ3v) is 5.11. The maximum absolute atomic E-state index is 12.6. The van der Waals surface area contributed by atoms with Crippen molar-refractivity contribution in [2.75, 3.05) is 26.5 Å². The summed E-state index contributed by atoms with van der Waals surface area (Å²) in [5, 5.41) is 6.08. The van der Waals surface area contributed by atoms with Crippen LogP contribution in [0.1, 0.15) is 5.56 Å². The highest BCUT2D eigenvalue weighted by Crippen LogP contribution is 2.25. The van der Waals surface area contributed by atoms with E-state index in [1.807, 2.05) is 30.3 Å². The van der Waals surface area contributed by atoms with Crippen molar-refractivity contribution < 1.29 is 22.5 Å². The average molecular weight is 411 g/mol. The monoisotopic (exact) mass is 411 g/mol. The number of nitrogens with one attached hydrogen (secondary N) is 2. The Bertz CT molecular complexity index is 804. The van der Waals surface area contributed by atoms with Crippen molar-refractivity contribution in [1.29, 1.82) is 0 Å². The molecule has 9 heteroatoms. The number of alkyl halides is 2. The minimum Gasteiger partial charge on any atom is -0.497 e. The summed E-state index contributed by atoms with van der Waals surface area (Å²) in [5.41, 5.74) is 0.496. The van der Waals surface area contributed by atoms with Gasteiger partial charge in [0, 0.05) is 36.3 Å². The quantitative estimate of drug-likeness (QED) is 0.490. The summed E-state index contributed by atoms with van der Waals surface area (Å²) in [6.07, 6.45) is 0. The highest BCUT2D eigenvalue weighted by Gasteiger charge is 2.12. The van der Waals surface area contributed by atoms with Crippen LogP contribution in [0.15, 0.2) is 58.4 Å². The van der Waals surface area contributed by atoms with Gasteiger partial charge < -0.3 is 20.1 Å². The smallest absolute Gasteiger partial charge is 0.387 e. The lowest BCUT2D eigenvalue weighted by atomic mass is 10.2. The SMILES string of the molecule is CN=C(NCCS(=O)c1ccccc1)NCc1cc(OC)ccc1OC(F)F. The Labute approximate surface area is 165 Å². The molecule has 0 spiro atoms. The number of hydrogen-bond acceptors (Lipinski definition) is 4. The van der Waals surface area contributed by atoms with Crippen LogP contribution in [0.4, 0.5) is 8.78 Å². The van der Waals surface area contributed by atoms with Crippen molar-refractivity contribution in [3.05, 3.63) is 54.1 Å². The lowest BCUT2D eigenvalue weighted by molar-refractivity contribution is -0.0504. The number of ether oxygens (including phenoxy) is 2. The molecule has 0 aliphatic heterocycles. The maximum Gasteiger partial charge on any atom is 0.387 e. The van der Waals surface area contributed by atoms with Crippen LogP contribution in [0.5, 0.6) is 11.5 Å². The van der Waals surface area contributed by atoms with Crippen LogP contribution < -0.4 is 20.1 Å². The van der Waals surface area contributed by atoms with E-state index >= 15 is 0 Å². The number of halogens is 2. The van der Waals surface area contributed by atoms with Crippen molar-refractivity contribution >= 4 is 16.8 Å². The molecule has 2 rings (SSSR count). The fourth-order valence-corrected chi connectivity index (χ4v) is 3.37. The largest absolute Gasteiger partial charge is 0.497 e. The Morgan fingerprint density at radius 3 is 2.57 bits per heavy atom. The molecule has 2 N–H and O–H groups in total. The van der Waals surface area contributed by atoms with Gasteiger partial charge in [-0.25, -0.2) is 0 Å². The van der Waals surface area contributed by atoms with E-state index in [0.29, 0.717) is 29.6 Å². The van der Waals surface area contributed by atoms with Crippen LogP contribution in [0.3, 0.4) is 0 Å². The van der Waals surface area contributed by atoms with Crippen LogP contribution in [-0.4, -0.2) is 43.2 Å². The predicted octanol–water partition coefficient (Wildman–Crippen LogP) is 2.77. The van der Waals surface area contributed by atoms with Gasteiger partial charge in [0.25, 0.3) is 0 Å². The lowest BCUT2D eigenvalue weighted by Gasteiger charge is -2.15. The maximum atomic E-state index is 12.6. The van der Waals surface area contributed by atoms with Gasteiger partial charge in [-0.15, -0.1) is 0 Å². The molecule has 152 valence electrons. The van der Waals surface area contributed by atoms with Gasteiger partial charge in [-0.05, 0) is 30.3 Å². The molecule has 0 aliphatic carbocycles. The summed E-state index contributed by atoms with van der Waals surface area (Å²) >= 11 is 0. The Balaban J connectivity index is 1.90. The van der Waals surface area contributed by atoms with E-state index < -0.39 is 17.4 Å². The number of aliphatic imine (C=N–C) groups is 1. The zero-order valence-corrected chi connectivity index (χ0v) is 16.5. The molecule has 1 unspecified atom stereocenters. The van der Waals surface area contributed by atoms with Crippen LogP contribution in [0.2, 0.25) is 0 Å². The Hall–Kier alpha value is -2.68. The van der Waals surface area contributed by atoms with Crippen molar-refractivity contribution in [3.8, 4) is 11.5 Å². The minimum atomic E-state index is -2.92. The van der Waals surface area contributed by atoms with Crippen molar-refractivity contribution in [3.63, 3.8) is 0 Å². The lowest BCUT2D eigenvalue weighted by Crippen LogP contribution is -2.38. The second kappa shape index (κ2) is 11.2. The molecule has 0 radical (unpaired) electrons. The van der Waals surface area contributed by atoms with E-state index in [2.05, 4.69) is 20.4 Å². The molecular formula is C19H23F2N3O3S. The van der Waals surface area contributed by atoms with E-state index in [-0.39, 0.29) is 12.3 Å². The molecule has 6 nitrogen and oxygen atoms in total. The van der Waals surface area contributed by atoms with Crippen LogP contribution in [0.25, 0.3) is 0 Å². The first-order valence-corrected chi connectivity index (χ1v) is 9.85. The highest BCUT2D eigenvalue weighted by molar-refractivity contribution is 7.85. The normalized spacial score (nSPS) is 12.5. The molecular weight excluding hydrogens is 388 g/mol. The Morgan fingerprint density at radius 1 is 1.18 bits per heavy atom. The molecule has 0 aliphatic rings. The molecule has 0 saturated carbocycles. The number of hydrogen-bond donors (Lipinski definition) is 2. The summed E-state index contributed by atoms with van der Waals surface area (Å²) in [5.74, 6) is 1.45. The third-order valence-electron chi connectivity index (χ3n) is 3.74. The highest BCUT2D eigenvalue weighted by atomic mass is 32.2. The van der Waals surface area contributed by atoms with E-state index in [1.54, 1.807) is 19.2 Å². The van der Waals surface area contributed by atoms with E-state index in [9.17, 15) is 13.0 Å². The number of nitrogens with zero attached hydrogens (tertiary/aromatic N) is 1. The second-order valence-electron chi connectivity index (χ2n) is 5.57. The molecule has 0 amide bonds. The van der Waals surface area contributed by atoms with Crippen LogP contribution in [-0.2, 0) is 17.3 Å². The van der Waals surface area contributed by atoms with Gasteiger partial charge in [0.15, 0.2) is 5.96 Å². The van der Waals surface area contributed by atoms with E-state index in [0.717, 1.165) is 4.90 Å². The average Bonchev–Trinajstić information content (AvgIpc) is 2.71. The summed E-state index contributed by atoms with van der Waals surface area (Å²) in [6.45, 7) is -2.29. The van der Waals surface area contributed by atoms with Crippen molar-refractivity contribution in [2.45, 2.75) is 18.1 Å². The van der Waals surface area contributed by atoms with Gasteiger partial charge in [-0.2, -0.15) is 8.78 Å². The molecule has 0 bridgehead atoms.